The van der Waals surface area contributed by atoms with E-state index in [0.29, 0.717) is 10.9 Å². The Labute approximate surface area is 101 Å². The van der Waals surface area contributed by atoms with Gasteiger partial charge in [0.25, 0.3) is 0 Å². The van der Waals surface area contributed by atoms with Gasteiger partial charge in [0.05, 0.1) is 5.69 Å². The van der Waals surface area contributed by atoms with Gasteiger partial charge in [0.1, 0.15) is 0 Å². The topological polar surface area (TPSA) is 17.8 Å². The molecule has 3 heteroatoms. The molecule has 1 aromatic rings. The first-order valence-corrected chi connectivity index (χ1v) is 6.73. The van der Waals surface area contributed by atoms with E-state index in [4.69, 9.17) is 0 Å². The highest BCUT2D eigenvalue weighted by molar-refractivity contribution is 9.09. The third-order valence-electron chi connectivity index (χ3n) is 2.59. The predicted molar refractivity (Wildman–Crippen MR) is 68.6 cm³/mol. The third-order valence-corrected chi connectivity index (χ3v) is 3.69. The van der Waals surface area contributed by atoms with Crippen LogP contribution in [0, 0.1) is 0 Å². The zero-order chi connectivity index (χ0) is 11.3. The fourth-order valence-corrected chi connectivity index (χ4v) is 1.83. The monoisotopic (exact) mass is 272 g/mol. The van der Waals surface area contributed by atoms with Gasteiger partial charge in [-0.3, -0.25) is 4.68 Å². The molecule has 1 rings (SSSR count). The molecule has 0 fully saturated rings. The lowest BCUT2D eigenvalue weighted by Crippen LogP contribution is -2.02. The van der Waals surface area contributed by atoms with E-state index in [9.17, 15) is 0 Å². The van der Waals surface area contributed by atoms with Gasteiger partial charge in [-0.05, 0) is 45.6 Å². The van der Waals surface area contributed by atoms with Crippen LogP contribution in [0.4, 0.5) is 0 Å². The SMILES string of the molecule is CCC(Br)CCCc1ccn(C(C)C)n1. The number of aromatic nitrogens is 2. The summed E-state index contributed by atoms with van der Waals surface area (Å²) in [7, 11) is 0. The number of hydrogen-bond acceptors (Lipinski definition) is 1. The minimum absolute atomic E-state index is 0.471. The Balaban J connectivity index is 2.31. The van der Waals surface area contributed by atoms with Gasteiger partial charge in [-0.1, -0.05) is 22.9 Å². The van der Waals surface area contributed by atoms with Crippen LogP contribution >= 0.6 is 15.9 Å². The molecule has 0 spiro atoms. The highest BCUT2D eigenvalue weighted by atomic mass is 79.9. The van der Waals surface area contributed by atoms with E-state index in [1.165, 1.54) is 25.0 Å². The van der Waals surface area contributed by atoms with Crippen LogP contribution in [0.3, 0.4) is 0 Å². The molecule has 0 saturated carbocycles. The molecule has 0 aromatic carbocycles. The van der Waals surface area contributed by atoms with Crippen LogP contribution in [0.5, 0.6) is 0 Å². The van der Waals surface area contributed by atoms with Crippen LogP contribution < -0.4 is 0 Å². The molecule has 1 aromatic heterocycles. The summed E-state index contributed by atoms with van der Waals surface area (Å²) >= 11 is 3.65. The molecule has 1 unspecified atom stereocenters. The Kier molecular flexibility index (Phi) is 5.37. The number of halogens is 1. The summed E-state index contributed by atoms with van der Waals surface area (Å²) in [5.74, 6) is 0. The van der Waals surface area contributed by atoms with Gasteiger partial charge in [0, 0.05) is 17.1 Å². The van der Waals surface area contributed by atoms with Crippen molar-refractivity contribution in [3.8, 4) is 0 Å². The van der Waals surface area contributed by atoms with Crippen LogP contribution in [0.1, 0.15) is 51.8 Å². The largest absolute Gasteiger partial charge is 0.270 e. The van der Waals surface area contributed by atoms with Gasteiger partial charge in [-0.2, -0.15) is 5.10 Å². The number of alkyl halides is 1. The summed E-state index contributed by atoms with van der Waals surface area (Å²) in [6.07, 6.45) is 6.84. The number of hydrogen-bond donors (Lipinski definition) is 0. The minimum atomic E-state index is 0.471. The van der Waals surface area contributed by atoms with Crippen LogP contribution in [0.2, 0.25) is 0 Å². The quantitative estimate of drug-likeness (QED) is 0.717. The fraction of sp³-hybridized carbons (Fsp3) is 0.750. The van der Waals surface area contributed by atoms with Crippen molar-refractivity contribution < 1.29 is 0 Å². The second-order valence-corrected chi connectivity index (χ2v) is 5.57. The van der Waals surface area contributed by atoms with Gasteiger partial charge in [0.15, 0.2) is 0 Å². The van der Waals surface area contributed by atoms with Crippen molar-refractivity contribution in [2.45, 2.75) is 57.3 Å². The molecule has 0 bridgehead atoms. The Morgan fingerprint density at radius 3 is 2.73 bits per heavy atom. The van der Waals surface area contributed by atoms with Crippen molar-refractivity contribution in [3.63, 3.8) is 0 Å². The lowest BCUT2D eigenvalue weighted by Gasteiger charge is -2.05. The van der Waals surface area contributed by atoms with Gasteiger partial charge < -0.3 is 0 Å². The number of rotatable bonds is 6. The van der Waals surface area contributed by atoms with Crippen molar-refractivity contribution in [2.24, 2.45) is 0 Å². The van der Waals surface area contributed by atoms with Crippen LogP contribution in [0.15, 0.2) is 12.3 Å². The Morgan fingerprint density at radius 1 is 1.47 bits per heavy atom. The zero-order valence-corrected chi connectivity index (χ0v) is 11.5. The number of aryl methyl sites for hydroxylation is 1. The van der Waals surface area contributed by atoms with Crippen molar-refractivity contribution in [2.75, 3.05) is 0 Å². The van der Waals surface area contributed by atoms with Gasteiger partial charge >= 0.3 is 0 Å². The van der Waals surface area contributed by atoms with E-state index in [0.717, 1.165) is 6.42 Å². The molecule has 1 heterocycles. The maximum Gasteiger partial charge on any atom is 0.0624 e. The summed E-state index contributed by atoms with van der Waals surface area (Å²) in [6.45, 7) is 6.53. The van der Waals surface area contributed by atoms with Crippen molar-refractivity contribution in [3.05, 3.63) is 18.0 Å². The molecule has 0 N–H and O–H groups in total. The summed E-state index contributed by atoms with van der Waals surface area (Å²) in [4.78, 5) is 0.671. The first kappa shape index (κ1) is 12.8. The zero-order valence-electron chi connectivity index (χ0n) is 9.91. The second-order valence-electron chi connectivity index (χ2n) is 4.28. The van der Waals surface area contributed by atoms with Crippen LogP contribution in [-0.4, -0.2) is 14.6 Å². The van der Waals surface area contributed by atoms with Crippen LogP contribution in [0.25, 0.3) is 0 Å². The molecule has 0 amide bonds. The van der Waals surface area contributed by atoms with Crippen LogP contribution in [-0.2, 0) is 6.42 Å². The molecule has 86 valence electrons. The Hall–Kier alpha value is -0.310. The van der Waals surface area contributed by atoms with E-state index < -0.39 is 0 Å². The molecular formula is C12H21BrN2. The molecule has 2 nitrogen and oxygen atoms in total. The molecule has 0 aliphatic rings. The molecule has 0 saturated heterocycles. The Morgan fingerprint density at radius 2 is 2.20 bits per heavy atom. The van der Waals surface area contributed by atoms with E-state index in [1.54, 1.807) is 0 Å². The maximum atomic E-state index is 4.53. The normalized spacial score (nSPS) is 13.4. The van der Waals surface area contributed by atoms with Gasteiger partial charge in [-0.25, -0.2) is 0 Å². The number of nitrogens with zero attached hydrogens (tertiary/aromatic N) is 2. The lowest BCUT2D eigenvalue weighted by molar-refractivity contribution is 0.524. The maximum absolute atomic E-state index is 4.53. The summed E-state index contributed by atoms with van der Waals surface area (Å²) in [6, 6.07) is 2.60. The van der Waals surface area contributed by atoms with Crippen molar-refractivity contribution >= 4 is 15.9 Å². The second kappa shape index (κ2) is 6.31. The molecule has 1 atom stereocenters. The summed E-state index contributed by atoms with van der Waals surface area (Å²) < 4.78 is 2.03. The third kappa shape index (κ3) is 4.37. The standard InChI is InChI=1S/C12H21BrN2/c1-4-11(13)6-5-7-12-8-9-15(14-12)10(2)3/h8-11H,4-7H2,1-3H3. The molecule has 0 aliphatic carbocycles. The van der Waals surface area contributed by atoms with E-state index >= 15 is 0 Å². The first-order valence-electron chi connectivity index (χ1n) is 5.81. The first-order chi connectivity index (χ1) is 7.13. The van der Waals surface area contributed by atoms with Gasteiger partial charge in [-0.15, -0.1) is 0 Å². The molecular weight excluding hydrogens is 252 g/mol. The summed E-state index contributed by atoms with van der Waals surface area (Å²) in [5, 5.41) is 4.53. The lowest BCUT2D eigenvalue weighted by atomic mass is 10.1. The molecule has 0 aliphatic heterocycles. The molecule has 15 heavy (non-hydrogen) atoms. The van der Waals surface area contributed by atoms with E-state index in [-0.39, 0.29) is 0 Å². The minimum Gasteiger partial charge on any atom is -0.270 e. The summed E-state index contributed by atoms with van der Waals surface area (Å²) in [5.41, 5.74) is 1.22. The Bertz CT molecular complexity index is 281. The highest BCUT2D eigenvalue weighted by Gasteiger charge is 2.04. The highest BCUT2D eigenvalue weighted by Crippen LogP contribution is 2.14. The molecule has 0 radical (unpaired) electrons. The van der Waals surface area contributed by atoms with E-state index in [2.05, 4.69) is 54.1 Å². The van der Waals surface area contributed by atoms with Gasteiger partial charge in [0.2, 0.25) is 0 Å². The average Bonchev–Trinajstić information content (AvgIpc) is 2.66. The average molecular weight is 273 g/mol. The van der Waals surface area contributed by atoms with E-state index in [1.807, 2.05) is 4.68 Å². The van der Waals surface area contributed by atoms with Crippen molar-refractivity contribution in [1.82, 2.24) is 9.78 Å². The fourth-order valence-electron chi connectivity index (χ4n) is 1.51. The van der Waals surface area contributed by atoms with Crippen molar-refractivity contribution in [1.29, 1.82) is 0 Å². The predicted octanol–water partition coefficient (Wildman–Crippen LogP) is 3.96. The smallest absolute Gasteiger partial charge is 0.0624 e.